The topological polar surface area (TPSA) is 114 Å². The van der Waals surface area contributed by atoms with Gasteiger partial charge in [-0.25, -0.2) is 8.42 Å². The van der Waals surface area contributed by atoms with E-state index in [1.807, 2.05) is 6.07 Å². The summed E-state index contributed by atoms with van der Waals surface area (Å²) in [5.41, 5.74) is 6.00. The number of halogens is 1. The van der Waals surface area contributed by atoms with E-state index in [2.05, 4.69) is 9.82 Å². The minimum atomic E-state index is -3.97. The van der Waals surface area contributed by atoms with Crippen molar-refractivity contribution < 1.29 is 8.42 Å². The summed E-state index contributed by atoms with van der Waals surface area (Å²) in [7, 11) is -2.42. The third-order valence-electron chi connectivity index (χ3n) is 2.55. The Balaban J connectivity index is 2.49. The molecule has 0 unspecified atom stereocenters. The van der Waals surface area contributed by atoms with Gasteiger partial charge in [0.2, 0.25) is 0 Å². The van der Waals surface area contributed by atoms with Gasteiger partial charge in [0.25, 0.3) is 10.0 Å². The molecule has 0 aliphatic heterocycles. The van der Waals surface area contributed by atoms with E-state index in [9.17, 15) is 8.42 Å². The van der Waals surface area contributed by atoms with Gasteiger partial charge in [-0.05, 0) is 18.2 Å². The molecule has 0 aliphatic carbocycles. The highest BCUT2D eigenvalue weighted by atomic mass is 35.5. The van der Waals surface area contributed by atoms with E-state index in [0.717, 1.165) is 0 Å². The van der Waals surface area contributed by atoms with E-state index in [-0.39, 0.29) is 27.0 Å². The van der Waals surface area contributed by atoms with Crippen LogP contribution in [0.25, 0.3) is 0 Å². The van der Waals surface area contributed by atoms with Crippen LogP contribution in [0.2, 0.25) is 5.02 Å². The highest BCUT2D eigenvalue weighted by molar-refractivity contribution is 7.92. The summed E-state index contributed by atoms with van der Waals surface area (Å²) in [4.78, 5) is -0.196. The lowest BCUT2D eigenvalue weighted by atomic mass is 10.2. The van der Waals surface area contributed by atoms with Crippen LogP contribution in [-0.2, 0) is 17.1 Å². The normalized spacial score (nSPS) is 11.1. The van der Waals surface area contributed by atoms with Crippen molar-refractivity contribution in [3.8, 4) is 6.07 Å². The molecule has 9 heteroatoms. The molecule has 0 saturated heterocycles. The van der Waals surface area contributed by atoms with E-state index < -0.39 is 10.0 Å². The number of nitrogen functional groups attached to an aromatic ring is 1. The lowest BCUT2D eigenvalue weighted by molar-refractivity contribution is 0.600. The number of hydrogen-bond acceptors (Lipinski definition) is 5. The van der Waals surface area contributed by atoms with E-state index in [1.54, 1.807) is 7.05 Å². The quantitative estimate of drug-likeness (QED) is 0.887. The molecule has 0 atom stereocenters. The van der Waals surface area contributed by atoms with Crippen LogP contribution in [0.4, 0.5) is 11.5 Å². The molecule has 2 aromatic rings. The minimum Gasteiger partial charge on any atom is -0.394 e. The fourth-order valence-electron chi connectivity index (χ4n) is 1.54. The van der Waals surface area contributed by atoms with Gasteiger partial charge < -0.3 is 5.73 Å². The first kappa shape index (κ1) is 14.2. The Labute approximate surface area is 120 Å². The van der Waals surface area contributed by atoms with E-state index in [1.165, 1.54) is 29.1 Å². The van der Waals surface area contributed by atoms with Crippen molar-refractivity contribution >= 4 is 33.1 Å². The van der Waals surface area contributed by atoms with E-state index in [4.69, 9.17) is 22.6 Å². The molecule has 0 fully saturated rings. The second kappa shape index (κ2) is 5.03. The molecule has 3 N–H and O–H groups in total. The number of aryl methyl sites for hydroxylation is 1. The van der Waals surface area contributed by atoms with Crippen molar-refractivity contribution in [1.82, 2.24) is 9.78 Å². The third-order valence-corrected chi connectivity index (χ3v) is 4.37. The second-order valence-corrected chi connectivity index (χ2v) is 5.99. The van der Waals surface area contributed by atoms with Gasteiger partial charge in [-0.15, -0.1) is 0 Å². The van der Waals surface area contributed by atoms with Gasteiger partial charge in [0.05, 0.1) is 28.5 Å². The van der Waals surface area contributed by atoms with Gasteiger partial charge >= 0.3 is 0 Å². The molecule has 1 heterocycles. The zero-order valence-electron chi connectivity index (χ0n) is 10.3. The Kier molecular flexibility index (Phi) is 3.57. The number of hydrogen-bond donors (Lipinski definition) is 2. The number of benzene rings is 1. The number of rotatable bonds is 3. The molecule has 104 valence electrons. The highest BCUT2D eigenvalue weighted by Crippen LogP contribution is 2.26. The Bertz CT molecular complexity index is 787. The first-order chi connectivity index (χ1) is 9.35. The molecule has 1 aromatic carbocycles. The Morgan fingerprint density at radius 3 is 2.75 bits per heavy atom. The fraction of sp³-hybridized carbons (Fsp3) is 0.0909. The second-order valence-electron chi connectivity index (χ2n) is 3.93. The van der Waals surface area contributed by atoms with Crippen molar-refractivity contribution in [3.05, 3.63) is 35.0 Å². The molecular weight excluding hydrogens is 302 g/mol. The van der Waals surface area contributed by atoms with Crippen molar-refractivity contribution in [1.29, 1.82) is 5.26 Å². The molecule has 0 radical (unpaired) electrons. The van der Waals surface area contributed by atoms with Crippen molar-refractivity contribution in [2.75, 3.05) is 10.5 Å². The molecule has 7 nitrogen and oxygen atoms in total. The number of nitrogens with two attached hydrogens (primary N) is 1. The predicted octanol–water partition coefficient (Wildman–Crippen LogP) is 1.33. The number of anilines is 2. The van der Waals surface area contributed by atoms with E-state index in [0.29, 0.717) is 0 Å². The number of sulfonamides is 1. The van der Waals surface area contributed by atoms with Gasteiger partial charge in [-0.1, -0.05) is 11.6 Å². The zero-order valence-corrected chi connectivity index (χ0v) is 11.9. The van der Waals surface area contributed by atoms with Crippen LogP contribution < -0.4 is 10.5 Å². The van der Waals surface area contributed by atoms with Crippen LogP contribution in [0.5, 0.6) is 0 Å². The molecule has 1 aromatic heterocycles. The average Bonchev–Trinajstić information content (AvgIpc) is 2.70. The predicted molar refractivity (Wildman–Crippen MR) is 74.6 cm³/mol. The summed E-state index contributed by atoms with van der Waals surface area (Å²) in [6.07, 6.45) is 1.32. The van der Waals surface area contributed by atoms with Crippen LogP contribution in [0.1, 0.15) is 5.56 Å². The lowest BCUT2D eigenvalue weighted by Gasteiger charge is -2.10. The molecule has 0 amide bonds. The first-order valence-electron chi connectivity index (χ1n) is 5.35. The molecule has 20 heavy (non-hydrogen) atoms. The zero-order chi connectivity index (χ0) is 14.9. The number of nitrogens with one attached hydrogen (secondary N) is 1. The molecule has 0 saturated carbocycles. The highest BCUT2D eigenvalue weighted by Gasteiger charge is 2.21. The molecule has 2 rings (SSSR count). The van der Waals surface area contributed by atoms with Gasteiger partial charge in [0, 0.05) is 7.05 Å². The summed E-state index contributed by atoms with van der Waals surface area (Å²) in [5, 5.41) is 12.7. The van der Waals surface area contributed by atoms with Crippen molar-refractivity contribution in [2.45, 2.75) is 4.90 Å². The number of nitrogens with zero attached hydrogens (tertiary/aromatic N) is 3. The molecular formula is C11H10ClN5O2S. The van der Waals surface area contributed by atoms with Crippen LogP contribution in [0, 0.1) is 11.3 Å². The van der Waals surface area contributed by atoms with Gasteiger partial charge in [-0.3, -0.25) is 9.40 Å². The Morgan fingerprint density at radius 2 is 2.20 bits per heavy atom. The van der Waals surface area contributed by atoms with Crippen LogP contribution in [0.15, 0.2) is 29.3 Å². The molecule has 0 bridgehead atoms. The van der Waals surface area contributed by atoms with Gasteiger partial charge in [0.1, 0.15) is 4.90 Å². The Hall–Kier alpha value is -2.24. The number of aromatic nitrogens is 2. The maximum absolute atomic E-state index is 12.3. The van der Waals surface area contributed by atoms with Crippen LogP contribution >= 0.6 is 11.6 Å². The monoisotopic (exact) mass is 311 g/mol. The maximum Gasteiger partial charge on any atom is 0.264 e. The maximum atomic E-state index is 12.3. The van der Waals surface area contributed by atoms with Crippen LogP contribution in [-0.4, -0.2) is 18.2 Å². The summed E-state index contributed by atoms with van der Waals surface area (Å²) < 4.78 is 28.2. The minimum absolute atomic E-state index is 0.0113. The third kappa shape index (κ3) is 2.54. The summed E-state index contributed by atoms with van der Waals surface area (Å²) in [6.45, 7) is 0. The lowest BCUT2D eigenvalue weighted by Crippen LogP contribution is -2.17. The van der Waals surface area contributed by atoms with Gasteiger partial charge in [0.15, 0.2) is 5.82 Å². The first-order valence-corrected chi connectivity index (χ1v) is 7.21. The van der Waals surface area contributed by atoms with Gasteiger partial charge in [-0.2, -0.15) is 10.4 Å². The molecule has 0 aliphatic rings. The SMILES string of the molecule is Cn1ncc(N)c1NS(=O)(=O)c1cc(C#N)ccc1Cl. The van der Waals surface area contributed by atoms with Crippen LogP contribution in [0.3, 0.4) is 0 Å². The summed E-state index contributed by atoms with van der Waals surface area (Å²) in [5.74, 6) is 0.128. The van der Waals surface area contributed by atoms with Crippen molar-refractivity contribution in [2.24, 2.45) is 7.05 Å². The number of nitriles is 1. The summed E-state index contributed by atoms with van der Waals surface area (Å²) in [6, 6.07) is 5.83. The fourth-order valence-corrected chi connectivity index (χ4v) is 3.18. The molecule has 0 spiro atoms. The largest absolute Gasteiger partial charge is 0.394 e. The Morgan fingerprint density at radius 1 is 1.50 bits per heavy atom. The smallest absolute Gasteiger partial charge is 0.264 e. The standard InChI is InChI=1S/C11H10ClN5O2S/c1-17-11(9(14)6-15-17)16-20(18,19)10-4-7(5-13)2-3-8(10)12/h2-4,6,16H,14H2,1H3. The summed E-state index contributed by atoms with van der Waals surface area (Å²) >= 11 is 5.88. The van der Waals surface area contributed by atoms with E-state index >= 15 is 0 Å². The average molecular weight is 312 g/mol. The van der Waals surface area contributed by atoms with Crippen molar-refractivity contribution in [3.63, 3.8) is 0 Å².